The van der Waals surface area contributed by atoms with Crippen molar-refractivity contribution >= 4 is 5.69 Å². The molecule has 1 unspecified atom stereocenters. The van der Waals surface area contributed by atoms with Crippen molar-refractivity contribution in [2.75, 3.05) is 32.4 Å². The molecule has 0 aromatic heterocycles. The second-order valence-electron chi connectivity index (χ2n) is 5.63. The Labute approximate surface area is 111 Å². The number of nitrogens with two attached hydrogens (primary N) is 1. The molecule has 1 atom stereocenters. The highest BCUT2D eigenvalue weighted by molar-refractivity contribution is 5.47. The van der Waals surface area contributed by atoms with Gasteiger partial charge in [-0.1, -0.05) is 12.1 Å². The van der Waals surface area contributed by atoms with Crippen LogP contribution in [0.15, 0.2) is 18.2 Å². The fourth-order valence-corrected chi connectivity index (χ4v) is 2.73. The molecule has 0 radical (unpaired) electrons. The zero-order valence-electron chi connectivity index (χ0n) is 11.8. The van der Waals surface area contributed by atoms with E-state index in [1.54, 1.807) is 0 Å². The Morgan fingerprint density at radius 1 is 1.33 bits per heavy atom. The van der Waals surface area contributed by atoms with Crippen LogP contribution < -0.4 is 5.73 Å². The standard InChI is InChI=1S/C15H25N3/c1-12-9-14(5-6-15(12)16)11-18-8-4-7-17(3)10-13(18)2/h5-6,9,13H,4,7-8,10-11,16H2,1-3H3. The average Bonchev–Trinajstić information content (AvgIpc) is 2.46. The van der Waals surface area contributed by atoms with Crippen LogP contribution in [0.4, 0.5) is 5.69 Å². The number of nitrogen functional groups attached to an aromatic ring is 1. The highest BCUT2D eigenvalue weighted by Gasteiger charge is 2.19. The van der Waals surface area contributed by atoms with E-state index in [0.29, 0.717) is 6.04 Å². The fraction of sp³-hybridized carbons (Fsp3) is 0.600. The molecule has 2 N–H and O–H groups in total. The van der Waals surface area contributed by atoms with Gasteiger partial charge < -0.3 is 10.6 Å². The van der Waals surface area contributed by atoms with Crippen LogP contribution in [0.1, 0.15) is 24.5 Å². The first-order chi connectivity index (χ1) is 8.56. The SMILES string of the molecule is Cc1cc(CN2CCCN(C)CC2C)ccc1N. The molecule has 3 nitrogen and oxygen atoms in total. The van der Waals surface area contributed by atoms with Gasteiger partial charge in [-0.15, -0.1) is 0 Å². The molecule has 3 heteroatoms. The van der Waals surface area contributed by atoms with Crippen LogP contribution in [0.5, 0.6) is 0 Å². The molecule has 1 aliphatic rings. The first-order valence-electron chi connectivity index (χ1n) is 6.84. The van der Waals surface area contributed by atoms with Crippen molar-refractivity contribution in [3.8, 4) is 0 Å². The molecular weight excluding hydrogens is 222 g/mol. The largest absolute Gasteiger partial charge is 0.399 e. The van der Waals surface area contributed by atoms with Crippen molar-refractivity contribution in [2.24, 2.45) is 0 Å². The van der Waals surface area contributed by atoms with Gasteiger partial charge in [-0.05, 0) is 51.1 Å². The summed E-state index contributed by atoms with van der Waals surface area (Å²) in [5.74, 6) is 0. The van der Waals surface area contributed by atoms with Crippen LogP contribution in [0.3, 0.4) is 0 Å². The van der Waals surface area contributed by atoms with Crippen LogP contribution in [-0.2, 0) is 6.54 Å². The van der Waals surface area contributed by atoms with Gasteiger partial charge in [0.2, 0.25) is 0 Å². The maximum absolute atomic E-state index is 5.87. The van der Waals surface area contributed by atoms with Crippen molar-refractivity contribution in [1.29, 1.82) is 0 Å². The number of aryl methyl sites for hydroxylation is 1. The van der Waals surface area contributed by atoms with E-state index < -0.39 is 0 Å². The van der Waals surface area contributed by atoms with Gasteiger partial charge in [0.1, 0.15) is 0 Å². The van der Waals surface area contributed by atoms with Gasteiger partial charge >= 0.3 is 0 Å². The Kier molecular flexibility index (Phi) is 4.25. The summed E-state index contributed by atoms with van der Waals surface area (Å²) in [5, 5.41) is 0. The molecule has 0 bridgehead atoms. The van der Waals surface area contributed by atoms with Crippen LogP contribution in [-0.4, -0.2) is 42.5 Å². The molecule has 0 spiro atoms. The summed E-state index contributed by atoms with van der Waals surface area (Å²) >= 11 is 0. The summed E-state index contributed by atoms with van der Waals surface area (Å²) in [5.41, 5.74) is 9.32. The molecule has 0 aliphatic carbocycles. The summed E-state index contributed by atoms with van der Waals surface area (Å²) in [7, 11) is 2.22. The number of anilines is 1. The third-order valence-corrected chi connectivity index (χ3v) is 3.90. The maximum Gasteiger partial charge on any atom is 0.0343 e. The lowest BCUT2D eigenvalue weighted by Gasteiger charge is -2.28. The quantitative estimate of drug-likeness (QED) is 0.812. The zero-order valence-corrected chi connectivity index (χ0v) is 11.8. The molecule has 2 rings (SSSR count). The highest BCUT2D eigenvalue weighted by atomic mass is 15.2. The highest BCUT2D eigenvalue weighted by Crippen LogP contribution is 2.17. The minimum Gasteiger partial charge on any atom is -0.399 e. The summed E-state index contributed by atoms with van der Waals surface area (Å²) in [6.45, 7) is 9.01. The number of hydrogen-bond donors (Lipinski definition) is 1. The third-order valence-electron chi connectivity index (χ3n) is 3.90. The lowest BCUT2D eigenvalue weighted by molar-refractivity contribution is 0.194. The van der Waals surface area contributed by atoms with E-state index in [1.807, 2.05) is 6.07 Å². The summed E-state index contributed by atoms with van der Waals surface area (Å²) in [6.07, 6.45) is 1.26. The predicted molar refractivity (Wildman–Crippen MR) is 77.6 cm³/mol. The number of rotatable bonds is 2. The Bertz CT molecular complexity index is 403. The van der Waals surface area contributed by atoms with E-state index in [-0.39, 0.29) is 0 Å². The predicted octanol–water partition coefficient (Wildman–Crippen LogP) is 2.10. The van der Waals surface area contributed by atoms with Gasteiger partial charge in [0.25, 0.3) is 0 Å². The van der Waals surface area contributed by atoms with Crippen molar-refractivity contribution in [3.05, 3.63) is 29.3 Å². The monoisotopic (exact) mass is 247 g/mol. The van der Waals surface area contributed by atoms with Gasteiger partial charge in [0, 0.05) is 31.4 Å². The molecular formula is C15H25N3. The van der Waals surface area contributed by atoms with E-state index in [0.717, 1.165) is 18.8 Å². The van der Waals surface area contributed by atoms with Crippen molar-refractivity contribution < 1.29 is 0 Å². The number of benzene rings is 1. The van der Waals surface area contributed by atoms with Crippen LogP contribution >= 0.6 is 0 Å². The Morgan fingerprint density at radius 2 is 2.11 bits per heavy atom. The smallest absolute Gasteiger partial charge is 0.0343 e. The van der Waals surface area contributed by atoms with Crippen molar-refractivity contribution in [3.63, 3.8) is 0 Å². The molecule has 1 heterocycles. The van der Waals surface area contributed by atoms with Gasteiger partial charge in [0.15, 0.2) is 0 Å². The first-order valence-corrected chi connectivity index (χ1v) is 6.84. The number of nitrogens with zero attached hydrogens (tertiary/aromatic N) is 2. The third kappa shape index (κ3) is 3.24. The molecule has 0 amide bonds. The van der Waals surface area contributed by atoms with E-state index in [4.69, 9.17) is 5.73 Å². The van der Waals surface area contributed by atoms with Gasteiger partial charge in [0.05, 0.1) is 0 Å². The van der Waals surface area contributed by atoms with Gasteiger partial charge in [-0.2, -0.15) is 0 Å². The average molecular weight is 247 g/mol. The van der Waals surface area contributed by atoms with Gasteiger partial charge in [-0.3, -0.25) is 4.90 Å². The van der Waals surface area contributed by atoms with Crippen LogP contribution in [0.2, 0.25) is 0 Å². The van der Waals surface area contributed by atoms with Crippen molar-refractivity contribution in [2.45, 2.75) is 32.9 Å². The van der Waals surface area contributed by atoms with Crippen LogP contribution in [0.25, 0.3) is 0 Å². The lowest BCUT2D eigenvalue weighted by Crippen LogP contribution is -2.37. The summed E-state index contributed by atoms with van der Waals surface area (Å²) in [4.78, 5) is 5.01. The molecule has 1 fully saturated rings. The van der Waals surface area contributed by atoms with E-state index in [9.17, 15) is 0 Å². The Balaban J connectivity index is 2.05. The number of likely N-dealkylation sites (N-methyl/N-ethyl adjacent to an activating group) is 1. The Hall–Kier alpha value is -1.06. The van der Waals surface area contributed by atoms with Crippen LogP contribution in [0, 0.1) is 6.92 Å². The fourth-order valence-electron chi connectivity index (χ4n) is 2.73. The summed E-state index contributed by atoms with van der Waals surface area (Å²) < 4.78 is 0. The molecule has 1 aromatic rings. The van der Waals surface area contributed by atoms with Crippen molar-refractivity contribution in [1.82, 2.24) is 9.80 Å². The van der Waals surface area contributed by atoms with E-state index >= 15 is 0 Å². The minimum atomic E-state index is 0.621. The molecule has 1 aliphatic heterocycles. The normalized spacial score (nSPS) is 22.9. The summed E-state index contributed by atoms with van der Waals surface area (Å²) in [6, 6.07) is 7.02. The molecule has 1 aromatic carbocycles. The number of hydrogen-bond acceptors (Lipinski definition) is 3. The van der Waals surface area contributed by atoms with Gasteiger partial charge in [-0.25, -0.2) is 0 Å². The van der Waals surface area contributed by atoms with E-state index in [2.05, 4.69) is 42.8 Å². The topological polar surface area (TPSA) is 32.5 Å². The molecule has 100 valence electrons. The zero-order chi connectivity index (χ0) is 13.1. The molecule has 0 saturated carbocycles. The minimum absolute atomic E-state index is 0.621. The lowest BCUT2D eigenvalue weighted by atomic mass is 10.1. The second-order valence-corrected chi connectivity index (χ2v) is 5.63. The molecule has 18 heavy (non-hydrogen) atoms. The second kappa shape index (κ2) is 5.72. The molecule has 1 saturated heterocycles. The van der Waals surface area contributed by atoms with E-state index in [1.165, 1.54) is 30.6 Å². The Morgan fingerprint density at radius 3 is 2.83 bits per heavy atom. The first kappa shape index (κ1) is 13.4. The maximum atomic E-state index is 5.87.